The first-order valence-corrected chi connectivity index (χ1v) is 12.0. The summed E-state index contributed by atoms with van der Waals surface area (Å²) >= 11 is 0. The average molecular weight is 445 g/mol. The number of hydrogen-bond donors (Lipinski definition) is 0. The number of hydrogen-bond acceptors (Lipinski definition) is 2. The standard InChI is InChI=1S/C27H31F3O2/c1-3-5-6-8-16-9-11-18(12-10-16)27(31)32-21-15-20-19-14-13-17(7-4-2)24(28)22(19)23(20)26(30)25(21)29/h13-16,18H,3-12H2,1-2H3. The quantitative estimate of drug-likeness (QED) is 0.200. The molecular formula is C27H31F3O2. The number of rotatable bonds is 8. The summed E-state index contributed by atoms with van der Waals surface area (Å²) in [5.41, 5.74) is 1.49. The molecule has 4 rings (SSSR count). The molecule has 0 aromatic heterocycles. The number of ether oxygens (including phenoxy) is 1. The Kier molecular flexibility index (Phi) is 6.92. The molecule has 1 saturated carbocycles. The summed E-state index contributed by atoms with van der Waals surface area (Å²) in [5, 5.41) is 0. The number of carbonyl (C=O) groups is 1. The number of halogens is 3. The lowest BCUT2D eigenvalue weighted by molar-refractivity contribution is -0.140. The van der Waals surface area contributed by atoms with Crippen molar-refractivity contribution in [2.24, 2.45) is 11.8 Å². The average Bonchev–Trinajstić information content (AvgIpc) is 2.78. The van der Waals surface area contributed by atoms with Crippen molar-refractivity contribution in [2.45, 2.75) is 78.1 Å². The zero-order valence-electron chi connectivity index (χ0n) is 18.9. The Morgan fingerprint density at radius 3 is 2.31 bits per heavy atom. The van der Waals surface area contributed by atoms with Crippen LogP contribution in [0.4, 0.5) is 13.2 Å². The summed E-state index contributed by atoms with van der Waals surface area (Å²) < 4.78 is 49.7. The van der Waals surface area contributed by atoms with Crippen LogP contribution in [0.25, 0.3) is 22.3 Å². The molecular weight excluding hydrogens is 413 g/mol. The van der Waals surface area contributed by atoms with E-state index in [1.54, 1.807) is 12.1 Å². The van der Waals surface area contributed by atoms with Crippen LogP contribution in [0.2, 0.25) is 0 Å². The lowest BCUT2D eigenvalue weighted by atomic mass is 9.78. The molecule has 0 bridgehead atoms. The SMILES string of the molecule is CCCCCC1CCC(C(=O)Oc2cc3c(c(F)c2F)-c2c-3ccc(CCC)c2F)CC1. The lowest BCUT2D eigenvalue weighted by Crippen LogP contribution is -2.26. The smallest absolute Gasteiger partial charge is 0.314 e. The molecule has 0 aliphatic heterocycles. The first-order chi connectivity index (χ1) is 15.5. The number of aryl methyl sites for hydroxylation is 1. The molecule has 5 heteroatoms. The largest absolute Gasteiger partial charge is 0.423 e. The van der Waals surface area contributed by atoms with Crippen LogP contribution in [0.3, 0.4) is 0 Å². The van der Waals surface area contributed by atoms with Crippen LogP contribution in [0.15, 0.2) is 18.2 Å². The van der Waals surface area contributed by atoms with Crippen molar-refractivity contribution in [2.75, 3.05) is 0 Å². The van der Waals surface area contributed by atoms with Gasteiger partial charge in [0, 0.05) is 11.1 Å². The molecule has 0 amide bonds. The minimum Gasteiger partial charge on any atom is -0.423 e. The minimum atomic E-state index is -1.23. The van der Waals surface area contributed by atoms with E-state index in [9.17, 15) is 18.0 Å². The first kappa shape index (κ1) is 22.9. The molecule has 2 aromatic rings. The van der Waals surface area contributed by atoms with Crippen molar-refractivity contribution in [3.8, 4) is 28.0 Å². The van der Waals surface area contributed by atoms with Gasteiger partial charge in [0.15, 0.2) is 11.6 Å². The van der Waals surface area contributed by atoms with Gasteiger partial charge in [-0.05, 0) is 60.8 Å². The summed E-state index contributed by atoms with van der Waals surface area (Å²) in [4.78, 5) is 12.7. The van der Waals surface area contributed by atoms with Crippen LogP contribution < -0.4 is 4.74 Å². The van der Waals surface area contributed by atoms with Crippen LogP contribution in [-0.4, -0.2) is 5.97 Å². The van der Waals surface area contributed by atoms with Crippen LogP contribution >= 0.6 is 0 Å². The Morgan fingerprint density at radius 1 is 0.906 bits per heavy atom. The van der Waals surface area contributed by atoms with Crippen molar-refractivity contribution in [1.29, 1.82) is 0 Å². The van der Waals surface area contributed by atoms with Crippen LogP contribution in [0.1, 0.15) is 77.2 Å². The van der Waals surface area contributed by atoms with Gasteiger partial charge >= 0.3 is 5.97 Å². The third-order valence-electron chi connectivity index (χ3n) is 7.06. The maximum absolute atomic E-state index is 14.8. The van der Waals surface area contributed by atoms with E-state index in [2.05, 4.69) is 6.92 Å². The molecule has 172 valence electrons. The van der Waals surface area contributed by atoms with E-state index in [1.807, 2.05) is 6.92 Å². The molecule has 0 radical (unpaired) electrons. The molecule has 0 spiro atoms. The lowest BCUT2D eigenvalue weighted by Gasteiger charge is -2.29. The second-order valence-corrected chi connectivity index (χ2v) is 9.27. The number of esters is 1. The Labute approximate surface area is 188 Å². The zero-order valence-corrected chi connectivity index (χ0v) is 18.9. The van der Waals surface area contributed by atoms with E-state index in [0.717, 1.165) is 32.1 Å². The normalized spacial score (nSPS) is 19.2. The van der Waals surface area contributed by atoms with Gasteiger partial charge in [0.25, 0.3) is 0 Å². The van der Waals surface area contributed by atoms with Gasteiger partial charge in [-0.25, -0.2) is 8.78 Å². The molecule has 0 N–H and O–H groups in total. The highest BCUT2D eigenvalue weighted by Crippen LogP contribution is 2.53. The second kappa shape index (κ2) is 9.68. The van der Waals surface area contributed by atoms with Gasteiger partial charge in [0.2, 0.25) is 5.82 Å². The fourth-order valence-corrected chi connectivity index (χ4v) is 5.18. The monoisotopic (exact) mass is 444 g/mol. The Bertz CT molecular complexity index is 1010. The van der Waals surface area contributed by atoms with E-state index in [-0.39, 0.29) is 17.0 Å². The van der Waals surface area contributed by atoms with Crippen molar-refractivity contribution in [3.05, 3.63) is 41.2 Å². The van der Waals surface area contributed by atoms with E-state index in [4.69, 9.17) is 4.74 Å². The predicted octanol–water partition coefficient (Wildman–Crippen LogP) is 8.00. The highest BCUT2D eigenvalue weighted by atomic mass is 19.2. The molecule has 0 atom stereocenters. The number of carbonyl (C=O) groups excluding carboxylic acids is 1. The molecule has 2 aliphatic rings. The topological polar surface area (TPSA) is 26.3 Å². The predicted molar refractivity (Wildman–Crippen MR) is 120 cm³/mol. The van der Waals surface area contributed by atoms with Crippen LogP contribution in [0.5, 0.6) is 5.75 Å². The van der Waals surface area contributed by atoms with Gasteiger partial charge in [0.05, 0.1) is 5.92 Å². The Hall–Kier alpha value is -2.30. The fourth-order valence-electron chi connectivity index (χ4n) is 5.18. The third kappa shape index (κ3) is 4.18. The van der Waals surface area contributed by atoms with Crippen molar-refractivity contribution < 1.29 is 22.7 Å². The summed E-state index contributed by atoms with van der Waals surface area (Å²) in [6.07, 6.45) is 9.52. The molecule has 2 aliphatic carbocycles. The minimum absolute atomic E-state index is 0.0552. The highest BCUT2D eigenvalue weighted by Gasteiger charge is 2.35. The van der Waals surface area contributed by atoms with Crippen LogP contribution in [-0.2, 0) is 11.2 Å². The number of fused-ring (bicyclic) bond motifs is 4. The second-order valence-electron chi connectivity index (χ2n) is 9.27. The third-order valence-corrected chi connectivity index (χ3v) is 7.06. The van der Waals surface area contributed by atoms with E-state index in [0.29, 0.717) is 29.0 Å². The molecule has 0 heterocycles. The Morgan fingerprint density at radius 2 is 1.62 bits per heavy atom. The summed E-state index contributed by atoms with van der Waals surface area (Å²) in [7, 11) is 0. The summed E-state index contributed by atoms with van der Waals surface area (Å²) in [5.74, 6) is -3.41. The number of unbranched alkanes of at least 4 members (excludes halogenated alkanes) is 2. The van der Waals surface area contributed by atoms with E-state index in [1.165, 1.54) is 31.7 Å². The molecule has 1 fully saturated rings. The summed E-state index contributed by atoms with van der Waals surface area (Å²) in [6, 6.07) is 4.75. The van der Waals surface area contributed by atoms with Gasteiger partial charge < -0.3 is 4.74 Å². The first-order valence-electron chi connectivity index (χ1n) is 12.0. The van der Waals surface area contributed by atoms with Crippen molar-refractivity contribution in [3.63, 3.8) is 0 Å². The zero-order chi connectivity index (χ0) is 22.8. The van der Waals surface area contributed by atoms with Gasteiger partial charge in [-0.2, -0.15) is 4.39 Å². The highest BCUT2D eigenvalue weighted by molar-refractivity contribution is 6.03. The van der Waals surface area contributed by atoms with E-state index >= 15 is 0 Å². The van der Waals surface area contributed by atoms with Crippen molar-refractivity contribution >= 4 is 5.97 Å². The van der Waals surface area contributed by atoms with Gasteiger partial charge in [-0.15, -0.1) is 0 Å². The van der Waals surface area contributed by atoms with Gasteiger partial charge in [-0.3, -0.25) is 4.79 Å². The Balaban J connectivity index is 1.46. The molecule has 0 saturated heterocycles. The maximum atomic E-state index is 14.8. The molecule has 2 aromatic carbocycles. The van der Waals surface area contributed by atoms with E-state index < -0.39 is 29.2 Å². The maximum Gasteiger partial charge on any atom is 0.314 e. The fraction of sp³-hybridized carbons (Fsp3) is 0.519. The molecule has 2 nitrogen and oxygen atoms in total. The summed E-state index contributed by atoms with van der Waals surface area (Å²) in [6.45, 7) is 4.12. The van der Waals surface area contributed by atoms with Crippen molar-refractivity contribution in [1.82, 2.24) is 0 Å². The van der Waals surface area contributed by atoms with Crippen LogP contribution in [0, 0.1) is 29.3 Å². The number of benzene rings is 2. The van der Waals surface area contributed by atoms with Gasteiger partial charge in [0.1, 0.15) is 5.82 Å². The molecule has 0 unspecified atom stereocenters. The molecule has 32 heavy (non-hydrogen) atoms. The van der Waals surface area contributed by atoms with Gasteiger partial charge in [-0.1, -0.05) is 58.1 Å².